The predicted octanol–water partition coefficient (Wildman–Crippen LogP) is 0.0930. The quantitative estimate of drug-likeness (QED) is 0.734. The van der Waals surface area contributed by atoms with E-state index in [-0.39, 0.29) is 22.5 Å². The van der Waals surface area contributed by atoms with Crippen LogP contribution in [0.1, 0.15) is 10.4 Å². The monoisotopic (exact) mass is 253 g/mol. The molecule has 0 aliphatic carbocycles. The van der Waals surface area contributed by atoms with Crippen molar-refractivity contribution in [2.75, 3.05) is 11.1 Å². The van der Waals surface area contributed by atoms with Crippen LogP contribution in [0.15, 0.2) is 12.1 Å². The van der Waals surface area contributed by atoms with Crippen molar-refractivity contribution in [3.05, 3.63) is 22.8 Å². The van der Waals surface area contributed by atoms with Crippen molar-refractivity contribution in [1.29, 1.82) is 0 Å². The van der Waals surface area contributed by atoms with Crippen molar-refractivity contribution in [3.8, 4) is 0 Å². The summed E-state index contributed by atoms with van der Waals surface area (Å²) in [7, 11) is 1.59. The number of carbonyl (C=O) groups excluding carboxylic acids is 1. The number of nitrogens with zero attached hydrogens (tertiary/aromatic N) is 5. The second-order valence-corrected chi connectivity index (χ2v) is 3.55. The number of tetrazole rings is 1. The van der Waals surface area contributed by atoms with Gasteiger partial charge in [-0.25, -0.2) is 4.98 Å². The number of nitrogen functional groups attached to an aromatic ring is 1. The number of hydrogen-bond donors (Lipinski definition) is 2. The zero-order valence-corrected chi connectivity index (χ0v) is 9.51. The van der Waals surface area contributed by atoms with E-state index in [9.17, 15) is 4.79 Å². The van der Waals surface area contributed by atoms with E-state index >= 15 is 0 Å². The Morgan fingerprint density at radius 1 is 1.53 bits per heavy atom. The Balaban J connectivity index is 2.19. The molecular weight excluding hydrogens is 246 g/mol. The highest BCUT2D eigenvalue weighted by Crippen LogP contribution is 2.13. The highest BCUT2D eigenvalue weighted by atomic mass is 35.5. The summed E-state index contributed by atoms with van der Waals surface area (Å²) in [4.78, 5) is 16.7. The number of carbonyl (C=O) groups is 1. The molecule has 2 heterocycles. The van der Waals surface area contributed by atoms with Crippen molar-refractivity contribution in [2.45, 2.75) is 0 Å². The molecule has 0 unspecified atom stereocenters. The molecule has 0 aliphatic rings. The molecule has 3 N–H and O–H groups in total. The van der Waals surface area contributed by atoms with Gasteiger partial charge in [-0.15, -0.1) is 5.10 Å². The van der Waals surface area contributed by atoms with Crippen LogP contribution in [-0.2, 0) is 7.05 Å². The first-order chi connectivity index (χ1) is 8.04. The summed E-state index contributed by atoms with van der Waals surface area (Å²) in [5.74, 6) is -0.173. The number of halogens is 1. The second-order valence-electron chi connectivity index (χ2n) is 3.16. The predicted molar refractivity (Wildman–Crippen MR) is 60.4 cm³/mol. The van der Waals surface area contributed by atoms with Gasteiger partial charge in [0.25, 0.3) is 11.9 Å². The number of nitrogens with one attached hydrogen (secondary N) is 1. The molecular formula is C8H8ClN7O. The van der Waals surface area contributed by atoms with Gasteiger partial charge in [0.15, 0.2) is 0 Å². The first-order valence-electron chi connectivity index (χ1n) is 4.53. The fourth-order valence-corrected chi connectivity index (χ4v) is 1.37. The molecule has 8 nitrogen and oxygen atoms in total. The van der Waals surface area contributed by atoms with E-state index in [1.165, 1.54) is 16.9 Å². The average Bonchev–Trinajstić information content (AvgIpc) is 2.62. The van der Waals surface area contributed by atoms with Crippen LogP contribution in [0.2, 0.25) is 5.15 Å². The number of anilines is 2. The molecule has 2 rings (SSSR count). The zero-order valence-electron chi connectivity index (χ0n) is 8.75. The standard InChI is InChI=1S/C8H8ClN7O/c1-16-14-8(13-15-16)12-7(17)4-2-5(9)11-6(10)3-4/h2-3H,1H3,(H2,10,11)(H,12,14,17). The molecule has 0 fully saturated rings. The average molecular weight is 254 g/mol. The van der Waals surface area contributed by atoms with Gasteiger partial charge in [-0.2, -0.15) is 4.80 Å². The Morgan fingerprint density at radius 2 is 2.29 bits per heavy atom. The van der Waals surface area contributed by atoms with Crippen LogP contribution in [-0.4, -0.2) is 31.1 Å². The van der Waals surface area contributed by atoms with Gasteiger partial charge in [-0.1, -0.05) is 16.7 Å². The van der Waals surface area contributed by atoms with E-state index in [4.69, 9.17) is 17.3 Å². The summed E-state index contributed by atoms with van der Waals surface area (Å²) in [5, 5.41) is 13.6. The molecule has 0 saturated carbocycles. The minimum Gasteiger partial charge on any atom is -0.384 e. The third-order valence-electron chi connectivity index (χ3n) is 1.81. The lowest BCUT2D eigenvalue weighted by Gasteiger charge is -2.02. The molecule has 0 radical (unpaired) electrons. The lowest BCUT2D eigenvalue weighted by Crippen LogP contribution is -2.14. The molecule has 0 bridgehead atoms. The SMILES string of the molecule is Cn1nnc(NC(=O)c2cc(N)nc(Cl)c2)n1. The van der Waals surface area contributed by atoms with E-state index in [0.29, 0.717) is 0 Å². The number of rotatable bonds is 2. The molecule has 0 saturated heterocycles. The molecule has 88 valence electrons. The van der Waals surface area contributed by atoms with Crippen LogP contribution in [0.5, 0.6) is 0 Å². The lowest BCUT2D eigenvalue weighted by atomic mass is 10.2. The minimum absolute atomic E-state index is 0.101. The fraction of sp³-hybridized carbons (Fsp3) is 0.125. The number of amides is 1. The molecule has 0 aliphatic heterocycles. The van der Waals surface area contributed by atoms with Gasteiger partial charge < -0.3 is 5.73 Å². The number of aromatic nitrogens is 5. The van der Waals surface area contributed by atoms with Crippen molar-refractivity contribution >= 4 is 29.3 Å². The van der Waals surface area contributed by atoms with Crippen LogP contribution in [0.4, 0.5) is 11.8 Å². The van der Waals surface area contributed by atoms with Gasteiger partial charge in [-0.05, 0) is 17.3 Å². The number of hydrogen-bond acceptors (Lipinski definition) is 6. The summed E-state index contributed by atoms with van der Waals surface area (Å²) in [6.07, 6.45) is 0. The van der Waals surface area contributed by atoms with Crippen LogP contribution < -0.4 is 11.1 Å². The first kappa shape index (κ1) is 11.3. The maximum atomic E-state index is 11.8. The topological polar surface area (TPSA) is 112 Å². The largest absolute Gasteiger partial charge is 0.384 e. The second kappa shape index (κ2) is 4.34. The highest BCUT2D eigenvalue weighted by Gasteiger charge is 2.11. The Morgan fingerprint density at radius 3 is 2.88 bits per heavy atom. The summed E-state index contributed by atoms with van der Waals surface area (Å²) in [6, 6.07) is 2.79. The maximum Gasteiger partial charge on any atom is 0.270 e. The Bertz CT molecular complexity index is 547. The summed E-state index contributed by atoms with van der Waals surface area (Å²) in [6.45, 7) is 0. The molecule has 17 heavy (non-hydrogen) atoms. The number of aryl methyl sites for hydroxylation is 1. The molecule has 0 aromatic carbocycles. The van der Waals surface area contributed by atoms with Crippen LogP contribution >= 0.6 is 11.6 Å². The molecule has 9 heteroatoms. The van der Waals surface area contributed by atoms with Crippen molar-refractivity contribution in [1.82, 2.24) is 25.2 Å². The number of nitrogens with two attached hydrogens (primary N) is 1. The molecule has 2 aromatic heterocycles. The van der Waals surface area contributed by atoms with Crippen LogP contribution in [0.25, 0.3) is 0 Å². The minimum atomic E-state index is -0.436. The third-order valence-corrected chi connectivity index (χ3v) is 2.00. The van der Waals surface area contributed by atoms with Gasteiger partial charge in [0.05, 0.1) is 7.05 Å². The summed E-state index contributed by atoms with van der Waals surface area (Å²) >= 11 is 5.68. The van der Waals surface area contributed by atoms with E-state index in [1.54, 1.807) is 7.05 Å². The molecule has 2 aromatic rings. The van der Waals surface area contributed by atoms with E-state index in [2.05, 4.69) is 25.7 Å². The van der Waals surface area contributed by atoms with E-state index < -0.39 is 5.91 Å². The van der Waals surface area contributed by atoms with Gasteiger partial charge >= 0.3 is 0 Å². The van der Waals surface area contributed by atoms with E-state index in [1.807, 2.05) is 0 Å². The normalized spacial score (nSPS) is 10.2. The zero-order chi connectivity index (χ0) is 12.4. The highest BCUT2D eigenvalue weighted by molar-refractivity contribution is 6.30. The van der Waals surface area contributed by atoms with Crippen molar-refractivity contribution in [3.63, 3.8) is 0 Å². The Kier molecular flexibility index (Phi) is 2.88. The van der Waals surface area contributed by atoms with Gasteiger partial charge in [0.2, 0.25) is 0 Å². The molecule has 0 spiro atoms. The van der Waals surface area contributed by atoms with Crippen molar-refractivity contribution in [2.24, 2.45) is 7.05 Å². The fourth-order valence-electron chi connectivity index (χ4n) is 1.16. The first-order valence-corrected chi connectivity index (χ1v) is 4.91. The van der Waals surface area contributed by atoms with Gasteiger partial charge in [0.1, 0.15) is 11.0 Å². The Hall–Kier alpha value is -2.22. The molecule has 0 atom stereocenters. The van der Waals surface area contributed by atoms with E-state index in [0.717, 1.165) is 0 Å². The summed E-state index contributed by atoms with van der Waals surface area (Å²) < 4.78 is 0. The van der Waals surface area contributed by atoms with Crippen LogP contribution in [0.3, 0.4) is 0 Å². The maximum absolute atomic E-state index is 11.8. The summed E-state index contributed by atoms with van der Waals surface area (Å²) in [5.41, 5.74) is 5.74. The Labute approximate surface area is 101 Å². The third kappa shape index (κ3) is 2.67. The smallest absolute Gasteiger partial charge is 0.270 e. The van der Waals surface area contributed by atoms with Gasteiger partial charge in [0, 0.05) is 5.56 Å². The lowest BCUT2D eigenvalue weighted by molar-refractivity contribution is 0.102. The number of pyridine rings is 1. The van der Waals surface area contributed by atoms with Crippen molar-refractivity contribution < 1.29 is 4.79 Å². The van der Waals surface area contributed by atoms with Gasteiger partial charge in [-0.3, -0.25) is 10.1 Å². The molecule has 1 amide bonds. The van der Waals surface area contributed by atoms with Crippen LogP contribution in [0, 0.1) is 0 Å².